The summed E-state index contributed by atoms with van der Waals surface area (Å²) in [6.07, 6.45) is 3.74. The molecule has 1 atom stereocenters. The molecule has 1 aromatic heterocycles. The molecule has 36 heavy (non-hydrogen) atoms. The Labute approximate surface area is 210 Å². The lowest BCUT2D eigenvalue weighted by atomic mass is 9.99. The van der Waals surface area contributed by atoms with Crippen molar-refractivity contribution in [2.24, 2.45) is 0 Å². The molecule has 0 bridgehead atoms. The maximum absolute atomic E-state index is 14.0. The summed E-state index contributed by atoms with van der Waals surface area (Å²) in [4.78, 5) is 15.8. The predicted octanol–water partition coefficient (Wildman–Crippen LogP) is 4.98. The standard InChI is InChI=1S/C25H37F3N7O/c1-34-14-12-18(13-15-34)35(2,19-10-11-21(36-3)20(16-19)25(26,27)28)24-32-22(29)31-23(33-24)30-17-8-6-4-5-7-9-17/h10-11,16-18H,4-9,12-15H2,1-3H3,(H3,29,30,31,32,33)/q+1. The Morgan fingerprint density at radius 2 is 1.69 bits per heavy atom. The molecule has 1 saturated carbocycles. The van der Waals surface area contributed by atoms with Gasteiger partial charge in [0.15, 0.2) is 0 Å². The molecular weight excluding hydrogens is 471 g/mol. The van der Waals surface area contributed by atoms with E-state index in [0.717, 1.165) is 57.7 Å². The van der Waals surface area contributed by atoms with Gasteiger partial charge in [-0.1, -0.05) is 25.7 Å². The Bertz CT molecular complexity index is 1030. The maximum atomic E-state index is 14.0. The molecule has 2 aliphatic rings. The lowest BCUT2D eigenvalue weighted by molar-refractivity contribution is -0.138. The summed E-state index contributed by atoms with van der Waals surface area (Å²) in [6, 6.07) is 4.41. The van der Waals surface area contributed by atoms with E-state index < -0.39 is 11.7 Å². The number of anilines is 2. The number of nitrogens with two attached hydrogens (primary N) is 1. The number of alkyl halides is 3. The minimum atomic E-state index is -4.57. The summed E-state index contributed by atoms with van der Waals surface area (Å²) >= 11 is 0. The average molecular weight is 509 g/mol. The number of ether oxygens (including phenoxy) is 1. The van der Waals surface area contributed by atoms with Crippen LogP contribution in [-0.2, 0) is 6.18 Å². The van der Waals surface area contributed by atoms with Gasteiger partial charge in [-0.05, 0) is 26.0 Å². The predicted molar refractivity (Wildman–Crippen MR) is 135 cm³/mol. The number of nitrogens with one attached hydrogen (secondary N) is 1. The topological polar surface area (TPSA) is 89.2 Å². The Kier molecular flexibility index (Phi) is 7.89. The number of quaternary nitrogens is 1. The lowest BCUT2D eigenvalue weighted by Gasteiger charge is -2.42. The Balaban J connectivity index is 1.79. The molecule has 8 nitrogen and oxygen atoms in total. The van der Waals surface area contributed by atoms with Crippen LogP contribution in [0.4, 0.5) is 36.7 Å². The molecule has 0 spiro atoms. The first-order valence-corrected chi connectivity index (χ1v) is 12.7. The highest BCUT2D eigenvalue weighted by Crippen LogP contribution is 2.43. The van der Waals surface area contributed by atoms with Crippen LogP contribution >= 0.6 is 0 Å². The van der Waals surface area contributed by atoms with E-state index in [1.165, 1.54) is 26.0 Å². The zero-order valence-corrected chi connectivity index (χ0v) is 21.3. The highest BCUT2D eigenvalue weighted by atomic mass is 19.4. The van der Waals surface area contributed by atoms with Crippen molar-refractivity contribution in [3.63, 3.8) is 0 Å². The summed E-state index contributed by atoms with van der Waals surface area (Å²) in [6.45, 7) is 1.66. The second-order valence-electron chi connectivity index (χ2n) is 10.1. The lowest BCUT2D eigenvalue weighted by Crippen LogP contribution is -2.54. The molecule has 2 fully saturated rings. The largest absolute Gasteiger partial charge is 0.496 e. The van der Waals surface area contributed by atoms with Crippen LogP contribution in [0.5, 0.6) is 5.75 Å². The Hall–Kier alpha value is -2.66. The molecule has 11 heteroatoms. The molecule has 0 radical (unpaired) electrons. The number of rotatable bonds is 6. The molecule has 1 saturated heterocycles. The summed E-state index contributed by atoms with van der Waals surface area (Å²) in [5.41, 5.74) is 5.76. The van der Waals surface area contributed by atoms with Crippen molar-refractivity contribution in [3.05, 3.63) is 23.8 Å². The fourth-order valence-electron chi connectivity index (χ4n) is 5.47. The Morgan fingerprint density at radius 3 is 2.31 bits per heavy atom. The smallest absolute Gasteiger partial charge is 0.420 e. The summed E-state index contributed by atoms with van der Waals surface area (Å²) in [5, 5.41) is 3.43. The first kappa shape index (κ1) is 26.4. The van der Waals surface area contributed by atoms with Crippen LogP contribution in [0.15, 0.2) is 18.2 Å². The number of nitrogen functional groups attached to an aromatic ring is 1. The second kappa shape index (κ2) is 10.8. The monoisotopic (exact) mass is 508 g/mol. The van der Waals surface area contributed by atoms with E-state index in [-0.39, 0.29) is 28.3 Å². The van der Waals surface area contributed by atoms with E-state index in [4.69, 9.17) is 15.5 Å². The van der Waals surface area contributed by atoms with Crippen molar-refractivity contribution in [2.75, 3.05) is 45.3 Å². The van der Waals surface area contributed by atoms with E-state index in [2.05, 4.69) is 20.2 Å². The van der Waals surface area contributed by atoms with Gasteiger partial charge in [0.05, 0.1) is 14.2 Å². The zero-order chi connectivity index (χ0) is 25.9. The van der Waals surface area contributed by atoms with E-state index in [1.807, 2.05) is 14.1 Å². The third-order valence-electron chi connectivity index (χ3n) is 7.69. The van der Waals surface area contributed by atoms with Crippen molar-refractivity contribution in [3.8, 4) is 5.75 Å². The maximum Gasteiger partial charge on any atom is 0.420 e. The molecule has 0 amide bonds. The van der Waals surface area contributed by atoms with Crippen LogP contribution in [0, 0.1) is 0 Å². The number of nitrogens with zero attached hydrogens (tertiary/aromatic N) is 5. The molecule has 1 aliphatic heterocycles. The number of hydrogen-bond acceptors (Lipinski definition) is 7. The van der Waals surface area contributed by atoms with E-state index >= 15 is 0 Å². The minimum absolute atomic E-state index is 0.00696. The summed E-state index contributed by atoms with van der Waals surface area (Å²) < 4.78 is 46.9. The SMILES string of the molecule is COc1ccc([N+](C)(c2nc(N)nc(NC3CCCCCC3)n2)C2CCN(C)CC2)cc1C(F)(F)F. The van der Waals surface area contributed by atoms with Crippen LogP contribution in [0.3, 0.4) is 0 Å². The molecule has 2 aromatic rings. The van der Waals surface area contributed by atoms with Gasteiger partial charge in [0.25, 0.3) is 0 Å². The number of hydrogen-bond donors (Lipinski definition) is 2. The van der Waals surface area contributed by atoms with Gasteiger partial charge in [0, 0.05) is 44.1 Å². The van der Waals surface area contributed by atoms with Gasteiger partial charge in [-0.2, -0.15) is 18.2 Å². The van der Waals surface area contributed by atoms with Crippen LogP contribution < -0.4 is 20.3 Å². The van der Waals surface area contributed by atoms with Gasteiger partial charge < -0.3 is 20.7 Å². The quantitative estimate of drug-likeness (QED) is 0.420. The average Bonchev–Trinajstić information content (AvgIpc) is 3.11. The van der Waals surface area contributed by atoms with Crippen molar-refractivity contribution in [1.82, 2.24) is 24.3 Å². The highest BCUT2D eigenvalue weighted by Gasteiger charge is 2.44. The first-order chi connectivity index (χ1) is 17.1. The number of methoxy groups -OCH3 is 1. The van der Waals surface area contributed by atoms with Gasteiger partial charge in [0.1, 0.15) is 23.0 Å². The van der Waals surface area contributed by atoms with Gasteiger partial charge in [-0.25, -0.2) is 4.48 Å². The zero-order valence-electron chi connectivity index (χ0n) is 21.3. The number of aromatic nitrogens is 3. The third-order valence-corrected chi connectivity index (χ3v) is 7.69. The normalized spacial score (nSPS) is 20.5. The van der Waals surface area contributed by atoms with E-state index in [9.17, 15) is 13.2 Å². The summed E-state index contributed by atoms with van der Waals surface area (Å²) in [7, 11) is 5.17. The highest BCUT2D eigenvalue weighted by molar-refractivity contribution is 5.59. The van der Waals surface area contributed by atoms with Gasteiger partial charge in [-0.15, -0.1) is 9.97 Å². The van der Waals surface area contributed by atoms with Gasteiger partial charge >= 0.3 is 12.1 Å². The molecule has 3 N–H and O–H groups in total. The fourth-order valence-corrected chi connectivity index (χ4v) is 5.47. The van der Waals surface area contributed by atoms with Crippen molar-refractivity contribution in [1.29, 1.82) is 0 Å². The Morgan fingerprint density at radius 1 is 1.03 bits per heavy atom. The summed E-state index contributed by atoms with van der Waals surface area (Å²) in [5.74, 6) is 0.558. The number of benzene rings is 1. The third kappa shape index (κ3) is 5.67. The minimum Gasteiger partial charge on any atom is -0.496 e. The number of piperidine rings is 1. The van der Waals surface area contributed by atoms with E-state index in [1.54, 1.807) is 6.07 Å². The molecular formula is C25H37F3N7O+. The van der Waals surface area contributed by atoms with Crippen molar-refractivity contribution < 1.29 is 17.9 Å². The van der Waals surface area contributed by atoms with Crippen molar-refractivity contribution >= 4 is 23.5 Å². The van der Waals surface area contributed by atoms with Crippen molar-refractivity contribution in [2.45, 2.75) is 69.6 Å². The van der Waals surface area contributed by atoms with Crippen LogP contribution in [0.1, 0.15) is 56.9 Å². The first-order valence-electron chi connectivity index (χ1n) is 12.7. The molecule has 198 valence electrons. The molecule has 2 heterocycles. The molecule has 4 rings (SSSR count). The molecule has 1 aliphatic carbocycles. The fraction of sp³-hybridized carbons (Fsp3) is 0.640. The van der Waals surface area contributed by atoms with Crippen LogP contribution in [0.2, 0.25) is 0 Å². The van der Waals surface area contributed by atoms with Crippen LogP contribution in [-0.4, -0.2) is 66.2 Å². The number of halogens is 3. The number of likely N-dealkylation sites (tertiary alicyclic amines) is 1. The molecule has 1 unspecified atom stereocenters. The van der Waals surface area contributed by atoms with Crippen LogP contribution in [0.25, 0.3) is 0 Å². The van der Waals surface area contributed by atoms with E-state index in [0.29, 0.717) is 17.6 Å². The molecule has 1 aromatic carbocycles. The van der Waals surface area contributed by atoms with Gasteiger partial charge in [0.2, 0.25) is 11.9 Å². The van der Waals surface area contributed by atoms with Gasteiger partial charge in [-0.3, -0.25) is 0 Å². The second-order valence-corrected chi connectivity index (χ2v) is 10.1.